The molecule has 19 heavy (non-hydrogen) atoms. The number of hydrogen-bond donors (Lipinski definition) is 1. The molecular weight excluding hydrogens is 236 g/mol. The van der Waals surface area contributed by atoms with E-state index in [1.165, 1.54) is 38.8 Å². The lowest BCUT2D eigenvalue weighted by atomic mass is 10.2. The Labute approximate surface area is 122 Å². The first-order valence-electron chi connectivity index (χ1n) is 8.35. The van der Waals surface area contributed by atoms with E-state index in [1.807, 2.05) is 13.8 Å². The lowest BCUT2D eigenvalue weighted by Gasteiger charge is -2.25. The lowest BCUT2D eigenvalue weighted by Crippen LogP contribution is -2.36. The number of nitrogens with one attached hydrogen (secondary N) is 1. The molecule has 1 N–H and O–H groups in total. The number of unbranched alkanes of at least 4 members (excludes halogenated alkanes) is 2. The van der Waals surface area contributed by atoms with E-state index in [4.69, 9.17) is 4.74 Å². The second-order valence-corrected chi connectivity index (χ2v) is 4.51. The van der Waals surface area contributed by atoms with Crippen LogP contribution in [0.2, 0.25) is 0 Å². The molecule has 0 bridgehead atoms. The van der Waals surface area contributed by atoms with Crippen molar-refractivity contribution in [1.29, 1.82) is 0 Å². The van der Waals surface area contributed by atoms with Gasteiger partial charge < -0.3 is 10.1 Å². The molecule has 0 atom stereocenters. The molecule has 118 valence electrons. The molecule has 1 rings (SSSR count). The first-order valence-corrected chi connectivity index (χ1v) is 8.35. The SMILES string of the molecule is CC.CCCCCNCC.CCCN1CCOCC1. The van der Waals surface area contributed by atoms with Crippen molar-refractivity contribution in [3.63, 3.8) is 0 Å². The van der Waals surface area contributed by atoms with Gasteiger partial charge in [0.05, 0.1) is 13.2 Å². The van der Waals surface area contributed by atoms with Gasteiger partial charge in [0.25, 0.3) is 0 Å². The Bertz CT molecular complexity index is 128. The van der Waals surface area contributed by atoms with Crippen LogP contribution in [0.25, 0.3) is 0 Å². The number of morpholine rings is 1. The number of nitrogens with zero attached hydrogens (tertiary/aromatic N) is 1. The predicted molar refractivity (Wildman–Crippen MR) is 87.0 cm³/mol. The minimum atomic E-state index is 0.931. The number of rotatable bonds is 7. The van der Waals surface area contributed by atoms with Gasteiger partial charge in [-0.2, -0.15) is 0 Å². The molecule has 1 aliphatic rings. The summed E-state index contributed by atoms with van der Waals surface area (Å²) in [6.07, 6.45) is 5.29. The van der Waals surface area contributed by atoms with Crippen LogP contribution in [0.3, 0.4) is 0 Å². The quantitative estimate of drug-likeness (QED) is 0.719. The molecule has 3 nitrogen and oxygen atoms in total. The highest BCUT2D eigenvalue weighted by atomic mass is 16.5. The Morgan fingerprint density at radius 3 is 2.05 bits per heavy atom. The van der Waals surface area contributed by atoms with E-state index in [0.29, 0.717) is 0 Å². The molecule has 0 aromatic rings. The standard InChI is InChI=1S/C7H15NO.C7H17N.C2H6/c1-2-3-8-4-6-9-7-5-8;1-3-5-6-7-8-4-2;1-2/h2-7H2,1H3;8H,3-7H2,1-2H3;1-2H3. The van der Waals surface area contributed by atoms with Gasteiger partial charge in [0.1, 0.15) is 0 Å². The van der Waals surface area contributed by atoms with Crippen LogP contribution in [-0.4, -0.2) is 50.8 Å². The van der Waals surface area contributed by atoms with Gasteiger partial charge in [0, 0.05) is 13.1 Å². The summed E-state index contributed by atoms with van der Waals surface area (Å²) >= 11 is 0. The highest BCUT2D eigenvalue weighted by molar-refractivity contribution is 4.59. The third kappa shape index (κ3) is 17.9. The largest absolute Gasteiger partial charge is 0.379 e. The van der Waals surface area contributed by atoms with E-state index in [-0.39, 0.29) is 0 Å². The van der Waals surface area contributed by atoms with Gasteiger partial charge in [-0.1, -0.05) is 47.5 Å². The van der Waals surface area contributed by atoms with Crippen molar-refractivity contribution in [1.82, 2.24) is 10.2 Å². The van der Waals surface area contributed by atoms with Gasteiger partial charge in [0.2, 0.25) is 0 Å². The lowest BCUT2D eigenvalue weighted by molar-refractivity contribution is 0.0380. The Morgan fingerprint density at radius 1 is 0.947 bits per heavy atom. The maximum absolute atomic E-state index is 5.20. The Morgan fingerprint density at radius 2 is 1.58 bits per heavy atom. The molecule has 1 saturated heterocycles. The fourth-order valence-electron chi connectivity index (χ4n) is 1.82. The van der Waals surface area contributed by atoms with Crippen molar-refractivity contribution in [3.05, 3.63) is 0 Å². The summed E-state index contributed by atoms with van der Waals surface area (Å²) in [4.78, 5) is 2.45. The zero-order valence-electron chi connectivity index (χ0n) is 14.1. The van der Waals surface area contributed by atoms with Crippen molar-refractivity contribution in [2.45, 2.75) is 60.3 Å². The molecule has 0 saturated carbocycles. The molecule has 0 unspecified atom stereocenters. The van der Waals surface area contributed by atoms with Crippen molar-refractivity contribution in [2.24, 2.45) is 0 Å². The van der Waals surface area contributed by atoms with Crippen LogP contribution in [-0.2, 0) is 4.74 Å². The number of ether oxygens (including phenoxy) is 1. The fraction of sp³-hybridized carbons (Fsp3) is 1.00. The molecule has 0 aliphatic carbocycles. The summed E-state index contributed by atoms with van der Waals surface area (Å²) in [5.41, 5.74) is 0. The van der Waals surface area contributed by atoms with E-state index >= 15 is 0 Å². The predicted octanol–water partition coefficient (Wildman–Crippen LogP) is 3.54. The Balaban J connectivity index is 0. The molecule has 1 heterocycles. The zero-order valence-corrected chi connectivity index (χ0v) is 14.1. The molecule has 0 spiro atoms. The molecular formula is C16H38N2O. The maximum Gasteiger partial charge on any atom is 0.0594 e. The van der Waals surface area contributed by atoms with Crippen LogP contribution in [0.1, 0.15) is 60.3 Å². The van der Waals surface area contributed by atoms with Gasteiger partial charge in [-0.15, -0.1) is 0 Å². The third-order valence-corrected chi connectivity index (χ3v) is 2.85. The average Bonchev–Trinajstić information content (AvgIpc) is 2.48. The number of hydrogen-bond acceptors (Lipinski definition) is 3. The second-order valence-electron chi connectivity index (χ2n) is 4.51. The second kappa shape index (κ2) is 20.2. The van der Waals surface area contributed by atoms with Gasteiger partial charge in [-0.25, -0.2) is 0 Å². The normalized spacial score (nSPS) is 15.0. The van der Waals surface area contributed by atoms with E-state index in [2.05, 4.69) is 31.0 Å². The van der Waals surface area contributed by atoms with E-state index in [0.717, 1.165) is 32.8 Å². The van der Waals surface area contributed by atoms with Crippen LogP contribution in [0.4, 0.5) is 0 Å². The van der Waals surface area contributed by atoms with Crippen molar-refractivity contribution in [2.75, 3.05) is 45.9 Å². The summed E-state index contributed by atoms with van der Waals surface area (Å²) in [6.45, 7) is 18.3. The average molecular weight is 274 g/mol. The first-order chi connectivity index (χ1) is 9.35. The van der Waals surface area contributed by atoms with Crippen molar-refractivity contribution >= 4 is 0 Å². The van der Waals surface area contributed by atoms with Crippen molar-refractivity contribution < 1.29 is 4.74 Å². The fourth-order valence-corrected chi connectivity index (χ4v) is 1.82. The topological polar surface area (TPSA) is 24.5 Å². The summed E-state index contributed by atoms with van der Waals surface area (Å²) in [6, 6.07) is 0. The monoisotopic (exact) mass is 274 g/mol. The van der Waals surface area contributed by atoms with Crippen LogP contribution in [0.5, 0.6) is 0 Å². The van der Waals surface area contributed by atoms with Crippen molar-refractivity contribution in [3.8, 4) is 0 Å². The van der Waals surface area contributed by atoms with Gasteiger partial charge in [-0.05, 0) is 32.5 Å². The van der Waals surface area contributed by atoms with Crippen LogP contribution in [0.15, 0.2) is 0 Å². The minimum absolute atomic E-state index is 0.931. The summed E-state index contributed by atoms with van der Waals surface area (Å²) in [7, 11) is 0. The third-order valence-electron chi connectivity index (χ3n) is 2.85. The molecule has 1 aliphatic heterocycles. The molecule has 0 aromatic carbocycles. The molecule has 0 aromatic heterocycles. The smallest absolute Gasteiger partial charge is 0.0594 e. The highest BCUT2D eigenvalue weighted by Crippen LogP contribution is 1.96. The molecule has 0 amide bonds. The maximum atomic E-state index is 5.20. The molecule has 1 fully saturated rings. The summed E-state index contributed by atoms with van der Waals surface area (Å²) in [5.74, 6) is 0. The van der Waals surface area contributed by atoms with E-state index < -0.39 is 0 Å². The minimum Gasteiger partial charge on any atom is -0.379 e. The summed E-state index contributed by atoms with van der Waals surface area (Å²) < 4.78 is 5.20. The highest BCUT2D eigenvalue weighted by Gasteiger charge is 2.07. The zero-order chi connectivity index (χ0) is 14.8. The molecule has 3 heteroatoms. The van der Waals surface area contributed by atoms with E-state index in [9.17, 15) is 0 Å². The molecule has 0 radical (unpaired) electrons. The first kappa shape index (κ1) is 21.2. The Kier molecular flexibility index (Phi) is 22.5. The van der Waals surface area contributed by atoms with Gasteiger partial charge in [-0.3, -0.25) is 4.90 Å². The Hall–Kier alpha value is -0.120. The van der Waals surface area contributed by atoms with Gasteiger partial charge >= 0.3 is 0 Å². The van der Waals surface area contributed by atoms with Crippen LogP contribution in [0, 0.1) is 0 Å². The van der Waals surface area contributed by atoms with Crippen LogP contribution >= 0.6 is 0 Å². The van der Waals surface area contributed by atoms with E-state index in [1.54, 1.807) is 0 Å². The van der Waals surface area contributed by atoms with Gasteiger partial charge in [0.15, 0.2) is 0 Å². The summed E-state index contributed by atoms with van der Waals surface area (Å²) in [5, 5.41) is 3.28. The van der Waals surface area contributed by atoms with Crippen LogP contribution < -0.4 is 5.32 Å².